The van der Waals surface area contributed by atoms with Crippen molar-refractivity contribution in [1.29, 1.82) is 0 Å². The highest BCUT2D eigenvalue weighted by Crippen LogP contribution is 2.31. The van der Waals surface area contributed by atoms with Gasteiger partial charge < -0.3 is 10.6 Å². The average molecular weight is 544 g/mol. The Hall–Kier alpha value is -3.65. The maximum atomic E-state index is 12.8. The fourth-order valence-corrected chi connectivity index (χ4v) is 5.64. The van der Waals surface area contributed by atoms with Crippen molar-refractivity contribution in [3.63, 3.8) is 0 Å². The lowest BCUT2D eigenvalue weighted by Gasteiger charge is -2.12. The van der Waals surface area contributed by atoms with E-state index in [1.807, 2.05) is 103 Å². The number of nitrogens with zero attached hydrogens (tertiary/aromatic N) is 1. The summed E-state index contributed by atoms with van der Waals surface area (Å²) in [7, 11) is 0. The molecule has 0 bridgehead atoms. The third-order valence-corrected chi connectivity index (χ3v) is 7.85. The van der Waals surface area contributed by atoms with Crippen LogP contribution < -0.4 is 10.6 Å². The largest absolute Gasteiger partial charge is 0.322 e. The van der Waals surface area contributed by atoms with Crippen molar-refractivity contribution in [3.8, 4) is 11.3 Å². The fourth-order valence-electron chi connectivity index (χ4n) is 3.77. The molecule has 0 saturated heterocycles. The molecule has 0 radical (unpaired) electrons. The normalized spacial score (nSPS) is 11.7. The Bertz CT molecular complexity index is 1600. The van der Waals surface area contributed by atoms with E-state index in [1.54, 1.807) is 0 Å². The minimum absolute atomic E-state index is 0.157. The number of anilines is 2. The van der Waals surface area contributed by atoms with Crippen molar-refractivity contribution in [2.75, 3.05) is 10.6 Å². The van der Waals surface area contributed by atoms with Crippen LogP contribution in [0.5, 0.6) is 0 Å². The van der Waals surface area contributed by atoms with Gasteiger partial charge in [-0.2, -0.15) is 0 Å². The van der Waals surface area contributed by atoms with Gasteiger partial charge in [-0.05, 0) is 54.1 Å². The number of rotatable bonds is 7. The summed E-state index contributed by atoms with van der Waals surface area (Å²) in [6.45, 7) is 1.84. The lowest BCUT2D eigenvalue weighted by atomic mass is 10.1. The second kappa shape index (κ2) is 11.2. The molecule has 0 spiro atoms. The number of thiazole rings is 1. The molecule has 1 aromatic heterocycles. The Balaban J connectivity index is 1.21. The van der Waals surface area contributed by atoms with Crippen LogP contribution in [0, 0.1) is 0 Å². The first-order valence-corrected chi connectivity index (χ1v) is 13.7. The number of thioether (sulfide) groups is 1. The van der Waals surface area contributed by atoms with E-state index in [9.17, 15) is 9.59 Å². The molecule has 1 unspecified atom stereocenters. The van der Waals surface area contributed by atoms with Crippen LogP contribution >= 0.6 is 34.7 Å². The van der Waals surface area contributed by atoms with Gasteiger partial charge in [0.15, 0.2) is 5.13 Å². The number of fused-ring (bicyclic) bond motifs is 1. The first-order chi connectivity index (χ1) is 18.0. The van der Waals surface area contributed by atoms with Crippen LogP contribution in [0.15, 0.2) is 101 Å². The summed E-state index contributed by atoms with van der Waals surface area (Å²) in [6.07, 6.45) is 0. The Kier molecular flexibility index (Phi) is 7.55. The Morgan fingerprint density at radius 1 is 0.892 bits per heavy atom. The van der Waals surface area contributed by atoms with Crippen molar-refractivity contribution >= 4 is 68.1 Å². The van der Waals surface area contributed by atoms with Gasteiger partial charge in [0.1, 0.15) is 0 Å². The Labute approximate surface area is 227 Å². The second-order valence-electron chi connectivity index (χ2n) is 8.31. The molecule has 1 heterocycles. The summed E-state index contributed by atoms with van der Waals surface area (Å²) in [4.78, 5) is 31.0. The molecule has 1 atom stereocenters. The van der Waals surface area contributed by atoms with Gasteiger partial charge in [0.2, 0.25) is 5.91 Å². The van der Waals surface area contributed by atoms with E-state index in [1.165, 1.54) is 23.1 Å². The zero-order valence-corrected chi connectivity index (χ0v) is 22.2. The monoisotopic (exact) mass is 543 g/mol. The smallest absolute Gasteiger partial charge is 0.255 e. The number of aromatic nitrogens is 1. The summed E-state index contributed by atoms with van der Waals surface area (Å²) in [5.41, 5.74) is 2.80. The molecule has 2 amide bonds. The SMILES string of the molecule is CC(Sc1cccc(NC(=O)c2ccc3ccccc3c2)c1)C(=O)Nc1nc(-c2ccccc2Cl)cs1. The number of halogens is 1. The highest BCUT2D eigenvalue weighted by atomic mass is 35.5. The minimum atomic E-state index is -0.376. The number of nitrogens with one attached hydrogen (secondary N) is 2. The van der Waals surface area contributed by atoms with Gasteiger partial charge in [0, 0.05) is 32.1 Å². The molecule has 5 aromatic rings. The maximum absolute atomic E-state index is 12.8. The zero-order chi connectivity index (χ0) is 25.8. The van der Waals surface area contributed by atoms with Gasteiger partial charge in [-0.3, -0.25) is 9.59 Å². The first-order valence-electron chi connectivity index (χ1n) is 11.5. The van der Waals surface area contributed by atoms with Gasteiger partial charge in [-0.1, -0.05) is 66.2 Å². The summed E-state index contributed by atoms with van der Waals surface area (Å²) in [5, 5.41) is 10.6. The topological polar surface area (TPSA) is 71.1 Å². The molecule has 2 N–H and O–H groups in total. The molecule has 8 heteroatoms. The highest BCUT2D eigenvalue weighted by Gasteiger charge is 2.17. The zero-order valence-electron chi connectivity index (χ0n) is 19.8. The van der Waals surface area contributed by atoms with Gasteiger partial charge in [0.25, 0.3) is 5.91 Å². The predicted octanol–water partition coefficient (Wildman–Crippen LogP) is 7.99. The number of carbonyl (C=O) groups excluding carboxylic acids is 2. The molecular weight excluding hydrogens is 522 g/mol. The summed E-state index contributed by atoms with van der Waals surface area (Å²) in [6, 6.07) is 28.5. The van der Waals surface area contributed by atoms with Crippen molar-refractivity contribution in [2.45, 2.75) is 17.1 Å². The van der Waals surface area contributed by atoms with E-state index in [2.05, 4.69) is 15.6 Å². The molecule has 0 fully saturated rings. The molecule has 0 aliphatic heterocycles. The average Bonchev–Trinajstić information content (AvgIpc) is 3.37. The molecule has 5 nitrogen and oxygen atoms in total. The number of benzene rings is 4. The van der Waals surface area contributed by atoms with Crippen molar-refractivity contribution in [3.05, 3.63) is 107 Å². The molecule has 0 saturated carbocycles. The molecule has 0 aliphatic carbocycles. The molecule has 4 aromatic carbocycles. The lowest BCUT2D eigenvalue weighted by molar-refractivity contribution is -0.115. The molecule has 5 rings (SSSR count). The van der Waals surface area contributed by atoms with E-state index in [-0.39, 0.29) is 17.1 Å². The maximum Gasteiger partial charge on any atom is 0.255 e. The number of hydrogen-bond acceptors (Lipinski definition) is 5. The highest BCUT2D eigenvalue weighted by molar-refractivity contribution is 8.00. The predicted molar refractivity (Wildman–Crippen MR) is 155 cm³/mol. The van der Waals surface area contributed by atoms with Crippen molar-refractivity contribution < 1.29 is 9.59 Å². The van der Waals surface area contributed by atoms with Gasteiger partial charge in [-0.15, -0.1) is 23.1 Å². The van der Waals surface area contributed by atoms with E-state index >= 15 is 0 Å². The molecule has 37 heavy (non-hydrogen) atoms. The third kappa shape index (κ3) is 6.02. The van der Waals surface area contributed by atoms with Gasteiger partial charge in [0.05, 0.1) is 10.9 Å². The van der Waals surface area contributed by atoms with Crippen LogP contribution in [-0.4, -0.2) is 22.0 Å². The fraction of sp³-hybridized carbons (Fsp3) is 0.0690. The van der Waals surface area contributed by atoms with Crippen LogP contribution in [0.1, 0.15) is 17.3 Å². The standard InChI is InChI=1S/C29H22ClN3O2S2/c1-18(27(34)33-29-32-26(17-36-29)24-11-4-5-12-25(24)30)37-23-10-6-9-22(16-23)31-28(35)21-14-13-19-7-2-3-8-20(19)15-21/h2-18H,1H3,(H,31,35)(H,32,33,34). The number of amides is 2. The van der Waals surface area contributed by atoms with Crippen molar-refractivity contribution in [1.82, 2.24) is 4.98 Å². The lowest BCUT2D eigenvalue weighted by Crippen LogP contribution is -2.22. The third-order valence-electron chi connectivity index (χ3n) is 5.67. The van der Waals surface area contributed by atoms with E-state index < -0.39 is 0 Å². The molecule has 0 aliphatic rings. The second-order valence-corrected chi connectivity index (χ2v) is 11.0. The summed E-state index contributed by atoms with van der Waals surface area (Å²) in [5.74, 6) is -0.340. The summed E-state index contributed by atoms with van der Waals surface area (Å²) >= 11 is 9.03. The van der Waals surface area contributed by atoms with Crippen LogP contribution in [-0.2, 0) is 4.79 Å². The van der Waals surface area contributed by atoms with E-state index in [0.29, 0.717) is 21.4 Å². The quantitative estimate of drug-likeness (QED) is 0.204. The minimum Gasteiger partial charge on any atom is -0.322 e. The Morgan fingerprint density at radius 3 is 2.51 bits per heavy atom. The van der Waals surface area contributed by atoms with Gasteiger partial charge in [-0.25, -0.2) is 4.98 Å². The molecular formula is C29H22ClN3O2S2. The van der Waals surface area contributed by atoms with Gasteiger partial charge >= 0.3 is 0 Å². The number of hydrogen-bond donors (Lipinski definition) is 2. The van der Waals surface area contributed by atoms with E-state index in [0.717, 1.165) is 26.9 Å². The number of carbonyl (C=O) groups is 2. The van der Waals surface area contributed by atoms with Crippen molar-refractivity contribution in [2.24, 2.45) is 0 Å². The first kappa shape index (κ1) is 25.0. The molecule has 184 valence electrons. The van der Waals surface area contributed by atoms with Crippen LogP contribution in [0.3, 0.4) is 0 Å². The van der Waals surface area contributed by atoms with Crippen LogP contribution in [0.4, 0.5) is 10.8 Å². The van der Waals surface area contributed by atoms with Crippen LogP contribution in [0.25, 0.3) is 22.0 Å². The van der Waals surface area contributed by atoms with E-state index in [4.69, 9.17) is 11.6 Å². The summed E-state index contributed by atoms with van der Waals surface area (Å²) < 4.78 is 0. The van der Waals surface area contributed by atoms with Crippen LogP contribution in [0.2, 0.25) is 5.02 Å². The Morgan fingerprint density at radius 2 is 1.68 bits per heavy atom.